The van der Waals surface area contributed by atoms with Crippen molar-refractivity contribution in [2.75, 3.05) is 13.2 Å². The first-order valence-electron chi connectivity index (χ1n) is 30.0. The van der Waals surface area contributed by atoms with Gasteiger partial charge in [0.2, 0.25) is 5.91 Å². The summed E-state index contributed by atoms with van der Waals surface area (Å²) < 4.78 is 5.48. The van der Waals surface area contributed by atoms with Crippen LogP contribution in [-0.2, 0) is 14.3 Å². The molecule has 392 valence electrons. The lowest BCUT2D eigenvalue weighted by Gasteiger charge is -2.20. The number of unbranched alkanes of at least 4 members (excludes halogenated alkanes) is 45. The fourth-order valence-corrected chi connectivity index (χ4v) is 9.46. The summed E-state index contributed by atoms with van der Waals surface area (Å²) in [6.45, 7) is 4.92. The highest BCUT2D eigenvalue weighted by Crippen LogP contribution is 2.18. The standard InChI is InChI=1S/C60H117NO5/c1-3-5-7-9-11-13-15-17-19-20-21-22-25-28-32-36-40-44-48-52-58(63)57(56-62)61-59(64)53-49-45-41-37-33-29-26-23-24-27-31-35-39-43-47-51-55-66-60(65)54-50-46-42-38-34-30-18-16-14-12-10-8-6-4-2/h48,52,57-58,62-63H,3-47,49-51,53-56H2,1-2H3,(H,61,64)/b52-48+. The Balaban J connectivity index is 3.44. The highest BCUT2D eigenvalue weighted by Gasteiger charge is 2.18. The molecule has 0 aromatic heterocycles. The van der Waals surface area contributed by atoms with Crippen molar-refractivity contribution in [3.8, 4) is 0 Å². The fourth-order valence-electron chi connectivity index (χ4n) is 9.46. The molecule has 2 unspecified atom stereocenters. The number of rotatable bonds is 56. The summed E-state index contributed by atoms with van der Waals surface area (Å²) in [5.41, 5.74) is 0. The zero-order valence-electron chi connectivity index (χ0n) is 44.7. The van der Waals surface area contributed by atoms with Crippen molar-refractivity contribution < 1.29 is 24.5 Å². The maximum Gasteiger partial charge on any atom is 0.305 e. The van der Waals surface area contributed by atoms with Crippen LogP contribution >= 0.6 is 0 Å². The van der Waals surface area contributed by atoms with Gasteiger partial charge in [0.05, 0.1) is 25.4 Å². The molecular formula is C60H117NO5. The molecule has 6 nitrogen and oxygen atoms in total. The van der Waals surface area contributed by atoms with E-state index in [4.69, 9.17) is 4.74 Å². The third-order valence-electron chi connectivity index (χ3n) is 14.1. The van der Waals surface area contributed by atoms with Gasteiger partial charge in [-0.05, 0) is 32.1 Å². The van der Waals surface area contributed by atoms with Crippen LogP contribution in [0.3, 0.4) is 0 Å². The van der Waals surface area contributed by atoms with Crippen LogP contribution in [0, 0.1) is 0 Å². The van der Waals surface area contributed by atoms with Crippen molar-refractivity contribution in [1.82, 2.24) is 5.32 Å². The molecule has 0 fully saturated rings. The zero-order chi connectivity index (χ0) is 47.9. The van der Waals surface area contributed by atoms with Crippen LogP contribution in [0.15, 0.2) is 12.2 Å². The Hall–Kier alpha value is -1.40. The van der Waals surface area contributed by atoms with Gasteiger partial charge in [0.1, 0.15) is 0 Å². The molecule has 1 amide bonds. The molecule has 0 aliphatic carbocycles. The molecule has 66 heavy (non-hydrogen) atoms. The van der Waals surface area contributed by atoms with Crippen molar-refractivity contribution >= 4 is 11.9 Å². The molecule has 0 heterocycles. The molecular weight excluding hydrogens is 815 g/mol. The average molecular weight is 933 g/mol. The third-order valence-corrected chi connectivity index (χ3v) is 14.1. The maximum atomic E-state index is 12.5. The van der Waals surface area contributed by atoms with Crippen LogP contribution in [0.2, 0.25) is 0 Å². The number of nitrogens with one attached hydrogen (secondary N) is 1. The highest BCUT2D eigenvalue weighted by molar-refractivity contribution is 5.76. The van der Waals surface area contributed by atoms with Gasteiger partial charge < -0.3 is 20.3 Å². The number of aliphatic hydroxyl groups is 2. The van der Waals surface area contributed by atoms with Crippen molar-refractivity contribution in [3.05, 3.63) is 12.2 Å². The Morgan fingerprint density at radius 1 is 0.409 bits per heavy atom. The normalized spacial score (nSPS) is 12.6. The molecule has 0 saturated heterocycles. The monoisotopic (exact) mass is 932 g/mol. The molecule has 0 aromatic rings. The second-order valence-electron chi connectivity index (χ2n) is 20.7. The van der Waals surface area contributed by atoms with Crippen molar-refractivity contribution in [1.29, 1.82) is 0 Å². The Kier molecular flexibility index (Phi) is 55.0. The van der Waals surface area contributed by atoms with E-state index in [2.05, 4.69) is 19.2 Å². The van der Waals surface area contributed by atoms with Crippen molar-refractivity contribution in [2.45, 2.75) is 347 Å². The van der Waals surface area contributed by atoms with Gasteiger partial charge in [0, 0.05) is 12.8 Å². The third kappa shape index (κ3) is 52.0. The molecule has 0 aliphatic heterocycles. The number of ether oxygens (including phenoxy) is 1. The average Bonchev–Trinajstić information content (AvgIpc) is 3.32. The summed E-state index contributed by atoms with van der Waals surface area (Å²) in [4.78, 5) is 24.5. The largest absolute Gasteiger partial charge is 0.466 e. The van der Waals surface area contributed by atoms with E-state index >= 15 is 0 Å². The van der Waals surface area contributed by atoms with E-state index in [1.165, 1.54) is 263 Å². The number of amides is 1. The zero-order valence-corrected chi connectivity index (χ0v) is 44.7. The van der Waals surface area contributed by atoms with Crippen LogP contribution < -0.4 is 5.32 Å². The van der Waals surface area contributed by atoms with Gasteiger partial charge in [0.25, 0.3) is 0 Å². The topological polar surface area (TPSA) is 95.9 Å². The molecule has 0 rings (SSSR count). The number of carbonyl (C=O) groups is 2. The summed E-state index contributed by atoms with van der Waals surface area (Å²) in [5.74, 6) is -0.0663. The summed E-state index contributed by atoms with van der Waals surface area (Å²) in [7, 11) is 0. The van der Waals surface area contributed by atoms with Gasteiger partial charge in [-0.3, -0.25) is 9.59 Å². The van der Waals surface area contributed by atoms with Gasteiger partial charge in [-0.15, -0.1) is 0 Å². The quantitative estimate of drug-likeness (QED) is 0.0321. The molecule has 0 radical (unpaired) electrons. The summed E-state index contributed by atoms with van der Waals surface area (Å²) in [6.07, 6.45) is 66.6. The number of hydrogen-bond acceptors (Lipinski definition) is 5. The van der Waals surface area contributed by atoms with E-state index in [0.29, 0.717) is 19.4 Å². The molecule has 0 aromatic carbocycles. The minimum atomic E-state index is -0.849. The summed E-state index contributed by atoms with van der Waals surface area (Å²) in [6, 6.07) is -0.632. The van der Waals surface area contributed by atoms with E-state index in [1.54, 1.807) is 6.08 Å². The van der Waals surface area contributed by atoms with Gasteiger partial charge >= 0.3 is 5.97 Å². The smallest absolute Gasteiger partial charge is 0.305 e. The Labute approximate surface area is 412 Å². The van der Waals surface area contributed by atoms with Crippen LogP contribution in [0.25, 0.3) is 0 Å². The Morgan fingerprint density at radius 2 is 0.697 bits per heavy atom. The number of carbonyl (C=O) groups excluding carboxylic acids is 2. The van der Waals surface area contributed by atoms with Crippen LogP contribution in [-0.4, -0.2) is 47.4 Å². The lowest BCUT2D eigenvalue weighted by atomic mass is 10.0. The summed E-state index contributed by atoms with van der Waals surface area (Å²) >= 11 is 0. The second kappa shape index (κ2) is 56.2. The first kappa shape index (κ1) is 64.6. The van der Waals surface area contributed by atoms with Gasteiger partial charge in [-0.25, -0.2) is 0 Å². The predicted molar refractivity (Wildman–Crippen MR) is 287 cm³/mol. The molecule has 0 spiro atoms. The first-order chi connectivity index (χ1) is 32.5. The lowest BCUT2D eigenvalue weighted by molar-refractivity contribution is -0.143. The highest BCUT2D eigenvalue weighted by atomic mass is 16.5. The molecule has 0 aliphatic rings. The van der Waals surface area contributed by atoms with Gasteiger partial charge in [0.15, 0.2) is 0 Å². The van der Waals surface area contributed by atoms with E-state index < -0.39 is 12.1 Å². The maximum absolute atomic E-state index is 12.5. The van der Waals surface area contributed by atoms with E-state index in [-0.39, 0.29) is 18.5 Å². The number of esters is 1. The van der Waals surface area contributed by atoms with Crippen LogP contribution in [0.1, 0.15) is 335 Å². The van der Waals surface area contributed by atoms with Gasteiger partial charge in [-0.2, -0.15) is 0 Å². The SMILES string of the molecule is CCCCCCCCCCCCCCCCCCC/C=C/C(O)C(CO)NC(=O)CCCCCCCCCCCCCCCCCCOC(=O)CCCCCCCCCCCCCCCC. The Morgan fingerprint density at radius 3 is 1.03 bits per heavy atom. The number of hydrogen-bond donors (Lipinski definition) is 3. The molecule has 0 bridgehead atoms. The van der Waals surface area contributed by atoms with Gasteiger partial charge in [-0.1, -0.05) is 302 Å². The lowest BCUT2D eigenvalue weighted by Crippen LogP contribution is -2.45. The van der Waals surface area contributed by atoms with E-state index in [1.807, 2.05) is 6.08 Å². The molecule has 3 N–H and O–H groups in total. The predicted octanol–water partition coefficient (Wildman–Crippen LogP) is 18.5. The van der Waals surface area contributed by atoms with Crippen LogP contribution in [0.4, 0.5) is 0 Å². The summed E-state index contributed by atoms with van der Waals surface area (Å²) in [5, 5.41) is 23.2. The molecule has 2 atom stereocenters. The van der Waals surface area contributed by atoms with Crippen molar-refractivity contribution in [2.24, 2.45) is 0 Å². The van der Waals surface area contributed by atoms with E-state index in [9.17, 15) is 19.8 Å². The van der Waals surface area contributed by atoms with Crippen LogP contribution in [0.5, 0.6) is 0 Å². The molecule has 0 saturated carbocycles. The fraction of sp³-hybridized carbons (Fsp3) is 0.933. The number of allylic oxidation sites excluding steroid dienone is 1. The number of aliphatic hydroxyl groups excluding tert-OH is 2. The second-order valence-corrected chi connectivity index (χ2v) is 20.7. The van der Waals surface area contributed by atoms with Crippen molar-refractivity contribution in [3.63, 3.8) is 0 Å². The molecule has 6 heteroatoms. The van der Waals surface area contributed by atoms with E-state index in [0.717, 1.165) is 44.9 Å². The minimum absolute atomic E-state index is 0.00517. The minimum Gasteiger partial charge on any atom is -0.466 e. The first-order valence-corrected chi connectivity index (χ1v) is 30.0. The Bertz CT molecular complexity index is 986.